The number of hydrogen-bond acceptors (Lipinski definition) is 3. The maximum atomic E-state index is 12.3. The topological polar surface area (TPSA) is 78.5 Å². The van der Waals surface area contributed by atoms with E-state index < -0.39 is 16.3 Å². The van der Waals surface area contributed by atoms with Crippen LogP contribution in [0.3, 0.4) is 0 Å². The van der Waals surface area contributed by atoms with E-state index in [4.69, 9.17) is 0 Å². The zero-order chi connectivity index (χ0) is 16.2. The van der Waals surface area contributed by atoms with Crippen LogP contribution in [0.4, 0.5) is 5.69 Å². The number of benzene rings is 1. The largest absolute Gasteiger partial charge is 0.325 e. The predicted octanol–water partition coefficient (Wildman–Crippen LogP) is 1.58. The molecule has 1 fully saturated rings. The van der Waals surface area contributed by atoms with Gasteiger partial charge in [0.1, 0.15) is 0 Å². The van der Waals surface area contributed by atoms with Crippen molar-refractivity contribution < 1.29 is 13.2 Å². The van der Waals surface area contributed by atoms with Gasteiger partial charge in [0.25, 0.3) is 10.2 Å². The van der Waals surface area contributed by atoms with E-state index in [0.717, 1.165) is 12.8 Å². The van der Waals surface area contributed by atoms with Crippen molar-refractivity contribution in [2.45, 2.75) is 32.7 Å². The lowest BCUT2D eigenvalue weighted by molar-refractivity contribution is -0.117. The molecule has 0 unspecified atom stereocenters. The summed E-state index contributed by atoms with van der Waals surface area (Å²) in [6, 6.07) is 8.14. The molecule has 0 aromatic heterocycles. The summed E-state index contributed by atoms with van der Waals surface area (Å²) < 4.78 is 28.5. The van der Waals surface area contributed by atoms with Crippen LogP contribution < -0.4 is 10.0 Å². The number of nitrogens with zero attached hydrogens (tertiary/aromatic N) is 1. The number of hydrogen-bond donors (Lipinski definition) is 2. The summed E-state index contributed by atoms with van der Waals surface area (Å²) >= 11 is 0. The maximum absolute atomic E-state index is 12.3. The van der Waals surface area contributed by atoms with Crippen molar-refractivity contribution in [1.82, 2.24) is 9.03 Å². The minimum atomic E-state index is -3.63. The van der Waals surface area contributed by atoms with Crippen LogP contribution in [0.15, 0.2) is 30.3 Å². The summed E-state index contributed by atoms with van der Waals surface area (Å²) in [6.45, 7) is 4.59. The number of rotatable bonds is 5. The molecule has 1 saturated heterocycles. The molecule has 1 aliphatic heterocycles. The zero-order valence-electron chi connectivity index (χ0n) is 13.0. The highest BCUT2D eigenvalue weighted by Gasteiger charge is 2.29. The Morgan fingerprint density at radius 1 is 1.32 bits per heavy atom. The van der Waals surface area contributed by atoms with Crippen LogP contribution in [-0.4, -0.2) is 37.8 Å². The fourth-order valence-corrected chi connectivity index (χ4v) is 4.01. The average molecular weight is 325 g/mol. The van der Waals surface area contributed by atoms with Gasteiger partial charge in [-0.2, -0.15) is 17.4 Å². The summed E-state index contributed by atoms with van der Waals surface area (Å²) in [5, 5.41) is 2.69. The molecular formula is C15H23N3O3S. The second-order valence-corrected chi connectivity index (χ2v) is 7.51. The Morgan fingerprint density at radius 2 is 2.00 bits per heavy atom. The number of nitrogens with one attached hydrogen (secondary N) is 2. The van der Waals surface area contributed by atoms with Gasteiger partial charge in [-0.25, -0.2) is 0 Å². The monoisotopic (exact) mass is 325 g/mol. The molecule has 0 radical (unpaired) electrons. The number of carbonyl (C=O) groups excluding carboxylic acids is 1. The van der Waals surface area contributed by atoms with Crippen molar-refractivity contribution in [3.8, 4) is 0 Å². The molecule has 1 aromatic rings. The van der Waals surface area contributed by atoms with E-state index in [1.54, 1.807) is 31.2 Å². The van der Waals surface area contributed by atoms with Gasteiger partial charge >= 0.3 is 0 Å². The molecule has 122 valence electrons. The molecule has 2 atom stereocenters. The van der Waals surface area contributed by atoms with Crippen LogP contribution in [0, 0.1) is 5.92 Å². The molecule has 2 N–H and O–H groups in total. The highest BCUT2D eigenvalue weighted by atomic mass is 32.2. The van der Waals surface area contributed by atoms with Gasteiger partial charge in [0.2, 0.25) is 5.91 Å². The van der Waals surface area contributed by atoms with Gasteiger partial charge in [-0.15, -0.1) is 0 Å². The second-order valence-electron chi connectivity index (χ2n) is 5.81. The van der Waals surface area contributed by atoms with Crippen molar-refractivity contribution in [2.75, 3.05) is 18.4 Å². The molecule has 0 spiro atoms. The van der Waals surface area contributed by atoms with Crippen molar-refractivity contribution in [3.63, 3.8) is 0 Å². The Balaban J connectivity index is 1.95. The average Bonchev–Trinajstić information content (AvgIpc) is 2.48. The van der Waals surface area contributed by atoms with Gasteiger partial charge in [-0.05, 0) is 37.8 Å². The van der Waals surface area contributed by atoms with E-state index in [9.17, 15) is 13.2 Å². The summed E-state index contributed by atoms with van der Waals surface area (Å²) in [4.78, 5) is 12.1. The molecule has 22 heavy (non-hydrogen) atoms. The number of anilines is 1. The Labute approximate surface area is 132 Å². The van der Waals surface area contributed by atoms with Crippen molar-refractivity contribution in [1.29, 1.82) is 0 Å². The van der Waals surface area contributed by atoms with Gasteiger partial charge < -0.3 is 5.32 Å². The van der Waals surface area contributed by atoms with Crippen LogP contribution in [0.2, 0.25) is 0 Å². The van der Waals surface area contributed by atoms with Crippen LogP contribution >= 0.6 is 0 Å². The highest BCUT2D eigenvalue weighted by molar-refractivity contribution is 7.87. The third-order valence-corrected chi connectivity index (χ3v) is 5.38. The third kappa shape index (κ3) is 4.53. The maximum Gasteiger partial charge on any atom is 0.280 e. The van der Waals surface area contributed by atoms with Gasteiger partial charge in [0, 0.05) is 18.8 Å². The highest BCUT2D eigenvalue weighted by Crippen LogP contribution is 2.18. The van der Waals surface area contributed by atoms with Crippen LogP contribution in [0.5, 0.6) is 0 Å². The van der Waals surface area contributed by atoms with E-state index in [1.807, 2.05) is 13.0 Å². The van der Waals surface area contributed by atoms with E-state index in [1.165, 1.54) is 4.31 Å². The molecule has 1 aliphatic rings. The number of piperidine rings is 1. The van der Waals surface area contributed by atoms with E-state index in [-0.39, 0.29) is 5.91 Å². The molecule has 1 heterocycles. The van der Waals surface area contributed by atoms with Crippen LogP contribution in [0.25, 0.3) is 0 Å². The van der Waals surface area contributed by atoms with Gasteiger partial charge in [-0.3, -0.25) is 4.79 Å². The quantitative estimate of drug-likeness (QED) is 0.863. The number of carbonyl (C=O) groups is 1. The Hall–Kier alpha value is -1.44. The van der Waals surface area contributed by atoms with Crippen molar-refractivity contribution in [2.24, 2.45) is 5.92 Å². The molecule has 1 amide bonds. The molecule has 0 aliphatic carbocycles. The molecule has 6 nitrogen and oxygen atoms in total. The van der Waals surface area contributed by atoms with Gasteiger partial charge in [0.05, 0.1) is 6.04 Å². The summed E-state index contributed by atoms with van der Waals surface area (Å²) in [5.41, 5.74) is 0.644. The second kappa shape index (κ2) is 7.21. The first-order valence-corrected chi connectivity index (χ1v) is 8.96. The fraction of sp³-hybridized carbons (Fsp3) is 0.533. The standard InChI is InChI=1S/C15H23N3O3S/c1-12-7-6-10-18(11-12)22(20,21)17-13(2)15(19)16-14-8-4-3-5-9-14/h3-5,8-9,12-13,17H,6-7,10-11H2,1-2H3,(H,16,19)/t12-,13+/m1/s1. The third-order valence-electron chi connectivity index (χ3n) is 3.72. The van der Waals surface area contributed by atoms with Crippen LogP contribution in [0.1, 0.15) is 26.7 Å². The minimum Gasteiger partial charge on any atom is -0.325 e. The lowest BCUT2D eigenvalue weighted by Gasteiger charge is -2.30. The molecule has 0 bridgehead atoms. The molecule has 2 rings (SSSR count). The van der Waals surface area contributed by atoms with Gasteiger partial charge in [-0.1, -0.05) is 25.1 Å². The van der Waals surface area contributed by atoms with Crippen molar-refractivity contribution >= 4 is 21.8 Å². The number of para-hydroxylation sites is 1. The fourth-order valence-electron chi connectivity index (χ4n) is 2.49. The molecule has 0 saturated carbocycles. The molecule has 1 aromatic carbocycles. The van der Waals surface area contributed by atoms with Gasteiger partial charge in [0.15, 0.2) is 0 Å². The summed E-state index contributed by atoms with van der Waals surface area (Å²) in [6.07, 6.45) is 1.89. The van der Waals surface area contributed by atoms with Crippen molar-refractivity contribution in [3.05, 3.63) is 30.3 Å². The Kier molecular flexibility index (Phi) is 5.55. The Morgan fingerprint density at radius 3 is 2.64 bits per heavy atom. The minimum absolute atomic E-state index is 0.346. The molecule has 7 heteroatoms. The smallest absolute Gasteiger partial charge is 0.280 e. The van der Waals surface area contributed by atoms with Crippen LogP contribution in [-0.2, 0) is 15.0 Å². The number of amides is 1. The zero-order valence-corrected chi connectivity index (χ0v) is 13.8. The first-order valence-electron chi connectivity index (χ1n) is 7.52. The Bertz CT molecular complexity index is 604. The first-order chi connectivity index (χ1) is 10.4. The lowest BCUT2D eigenvalue weighted by atomic mass is 10.0. The summed E-state index contributed by atoms with van der Waals surface area (Å²) in [5.74, 6) is -0.0291. The normalized spacial score (nSPS) is 21.3. The summed E-state index contributed by atoms with van der Waals surface area (Å²) in [7, 11) is -3.63. The SMILES string of the molecule is C[C@@H]1CCCN(S(=O)(=O)N[C@@H](C)C(=O)Nc2ccccc2)C1. The molecular weight excluding hydrogens is 302 g/mol. The predicted molar refractivity (Wildman–Crippen MR) is 86.6 cm³/mol. The van der Waals surface area contributed by atoms with E-state index >= 15 is 0 Å². The lowest BCUT2D eigenvalue weighted by Crippen LogP contribution is -2.50. The van der Waals surface area contributed by atoms with E-state index in [2.05, 4.69) is 10.0 Å². The first kappa shape index (κ1) is 16.9. The van der Waals surface area contributed by atoms with E-state index in [0.29, 0.717) is 24.7 Å².